The number of para-hydroxylation sites is 1. The Hall–Kier alpha value is -1.54. The Morgan fingerprint density at radius 3 is 2.65 bits per heavy atom. The highest BCUT2D eigenvalue weighted by atomic mass is 35.5. The molecule has 17 heavy (non-hydrogen) atoms. The third kappa shape index (κ3) is 2.77. The van der Waals surface area contributed by atoms with Crippen LogP contribution in [0.1, 0.15) is 11.1 Å². The maximum absolute atomic E-state index is 13.4. The maximum Gasteiger partial charge on any atom is 0.131 e. The summed E-state index contributed by atoms with van der Waals surface area (Å²) in [5.41, 5.74) is 1.48. The second-order valence-electron chi connectivity index (χ2n) is 3.75. The predicted octanol–water partition coefficient (Wildman–Crippen LogP) is 4.67. The van der Waals surface area contributed by atoms with Gasteiger partial charge in [-0.3, -0.25) is 0 Å². The fourth-order valence-corrected chi connectivity index (χ4v) is 1.70. The number of hydrogen-bond donors (Lipinski definition) is 0. The molecule has 3 heteroatoms. The average molecular weight is 251 g/mol. The van der Waals surface area contributed by atoms with Crippen molar-refractivity contribution in [1.82, 2.24) is 0 Å². The van der Waals surface area contributed by atoms with Gasteiger partial charge in [-0.25, -0.2) is 4.39 Å². The Balaban J connectivity index is 2.28. The van der Waals surface area contributed by atoms with Gasteiger partial charge in [0, 0.05) is 11.6 Å². The van der Waals surface area contributed by atoms with Crippen LogP contribution in [-0.4, -0.2) is 0 Å². The lowest BCUT2D eigenvalue weighted by atomic mass is 10.2. The number of hydrogen-bond acceptors (Lipinski definition) is 1. The summed E-state index contributed by atoms with van der Waals surface area (Å²) < 4.78 is 19.0. The first-order valence-corrected chi connectivity index (χ1v) is 5.82. The zero-order chi connectivity index (χ0) is 12.3. The number of rotatable bonds is 3. The molecule has 0 aliphatic heterocycles. The molecule has 1 nitrogen and oxygen atoms in total. The zero-order valence-corrected chi connectivity index (χ0v) is 10.2. The lowest BCUT2D eigenvalue weighted by molar-refractivity contribution is 0.472. The normalized spacial score (nSPS) is 10.3. The molecule has 2 rings (SSSR count). The van der Waals surface area contributed by atoms with E-state index >= 15 is 0 Å². The van der Waals surface area contributed by atoms with Crippen LogP contribution in [0.15, 0.2) is 42.5 Å². The van der Waals surface area contributed by atoms with E-state index in [0.29, 0.717) is 22.9 Å². The van der Waals surface area contributed by atoms with E-state index in [4.69, 9.17) is 16.3 Å². The molecule has 0 aliphatic rings. The van der Waals surface area contributed by atoms with Gasteiger partial charge in [0.25, 0.3) is 0 Å². The van der Waals surface area contributed by atoms with Gasteiger partial charge in [0.1, 0.15) is 17.3 Å². The zero-order valence-electron chi connectivity index (χ0n) is 9.41. The van der Waals surface area contributed by atoms with Crippen molar-refractivity contribution in [2.75, 3.05) is 0 Å². The maximum atomic E-state index is 13.4. The van der Waals surface area contributed by atoms with Crippen molar-refractivity contribution in [3.05, 3.63) is 59.4 Å². The number of ether oxygens (including phenoxy) is 1. The van der Waals surface area contributed by atoms with Crippen molar-refractivity contribution >= 4 is 11.6 Å². The first-order valence-electron chi connectivity index (χ1n) is 5.28. The second kappa shape index (κ2) is 5.19. The van der Waals surface area contributed by atoms with Crippen LogP contribution >= 0.6 is 11.6 Å². The molecule has 0 aliphatic carbocycles. The Bertz CT molecular complexity index is 525. The smallest absolute Gasteiger partial charge is 0.131 e. The lowest BCUT2D eigenvalue weighted by Gasteiger charge is -2.09. The van der Waals surface area contributed by atoms with E-state index in [0.717, 1.165) is 5.56 Å². The van der Waals surface area contributed by atoms with Crippen LogP contribution in [0.2, 0.25) is 0 Å². The molecule has 2 aromatic carbocycles. The minimum absolute atomic E-state index is 0.272. The molecule has 2 aromatic rings. The monoisotopic (exact) mass is 250 g/mol. The van der Waals surface area contributed by atoms with Crippen LogP contribution in [0.3, 0.4) is 0 Å². The molecule has 0 N–H and O–H groups in total. The Kier molecular flexibility index (Phi) is 3.64. The van der Waals surface area contributed by atoms with Crippen molar-refractivity contribution in [3.8, 4) is 11.5 Å². The summed E-state index contributed by atoms with van der Waals surface area (Å²) in [6.07, 6.45) is 0. The molecular formula is C14H12ClFO. The molecule has 0 aromatic heterocycles. The van der Waals surface area contributed by atoms with Crippen LogP contribution < -0.4 is 4.74 Å². The topological polar surface area (TPSA) is 9.23 Å². The molecule has 0 heterocycles. The molecule has 0 amide bonds. The molecule has 0 atom stereocenters. The number of aryl methyl sites for hydroxylation is 1. The van der Waals surface area contributed by atoms with Crippen molar-refractivity contribution in [2.24, 2.45) is 0 Å². The molecule has 0 bridgehead atoms. The Labute approximate surface area is 105 Å². The summed E-state index contributed by atoms with van der Waals surface area (Å²) in [5.74, 6) is 1.23. The molecule has 0 saturated heterocycles. The van der Waals surface area contributed by atoms with Gasteiger partial charge in [0.2, 0.25) is 0 Å². The minimum Gasteiger partial charge on any atom is -0.457 e. The van der Waals surface area contributed by atoms with Crippen molar-refractivity contribution in [1.29, 1.82) is 0 Å². The van der Waals surface area contributed by atoms with Crippen molar-refractivity contribution in [3.63, 3.8) is 0 Å². The van der Waals surface area contributed by atoms with Gasteiger partial charge in [-0.05, 0) is 24.6 Å². The molecule has 0 fully saturated rings. The van der Waals surface area contributed by atoms with Crippen molar-refractivity contribution in [2.45, 2.75) is 12.8 Å². The van der Waals surface area contributed by atoms with Gasteiger partial charge in [-0.2, -0.15) is 0 Å². The lowest BCUT2D eigenvalue weighted by Crippen LogP contribution is -1.90. The average Bonchev–Trinajstić information content (AvgIpc) is 2.34. The second-order valence-corrected chi connectivity index (χ2v) is 4.02. The Morgan fingerprint density at radius 1 is 1.18 bits per heavy atom. The number of benzene rings is 2. The van der Waals surface area contributed by atoms with Gasteiger partial charge in [0.15, 0.2) is 0 Å². The predicted molar refractivity (Wildman–Crippen MR) is 67.2 cm³/mol. The summed E-state index contributed by atoms with van der Waals surface area (Å²) in [6.45, 7) is 1.71. The van der Waals surface area contributed by atoms with E-state index in [2.05, 4.69) is 0 Å². The molecule has 0 unspecified atom stereocenters. The standard InChI is InChI=1S/C14H12ClFO/c1-10-6-7-12(8-13(10)16)17-14-5-3-2-4-11(14)9-15/h2-8H,9H2,1H3. The summed E-state index contributed by atoms with van der Waals surface area (Å²) in [6, 6.07) is 12.2. The van der Waals surface area contributed by atoms with E-state index in [1.807, 2.05) is 24.3 Å². The van der Waals surface area contributed by atoms with Gasteiger partial charge in [0.05, 0.1) is 5.88 Å². The highest BCUT2D eigenvalue weighted by Crippen LogP contribution is 2.27. The van der Waals surface area contributed by atoms with Crippen LogP contribution in [-0.2, 0) is 5.88 Å². The summed E-state index contributed by atoms with van der Waals surface area (Å²) >= 11 is 5.80. The van der Waals surface area contributed by atoms with Crippen LogP contribution in [0, 0.1) is 12.7 Å². The van der Waals surface area contributed by atoms with E-state index in [-0.39, 0.29) is 5.82 Å². The number of alkyl halides is 1. The van der Waals surface area contributed by atoms with Gasteiger partial charge in [-0.15, -0.1) is 11.6 Å². The van der Waals surface area contributed by atoms with E-state index in [1.54, 1.807) is 19.1 Å². The molecule has 88 valence electrons. The van der Waals surface area contributed by atoms with Crippen molar-refractivity contribution < 1.29 is 9.13 Å². The molecular weight excluding hydrogens is 239 g/mol. The van der Waals surface area contributed by atoms with Gasteiger partial charge >= 0.3 is 0 Å². The highest BCUT2D eigenvalue weighted by molar-refractivity contribution is 6.17. The number of halogens is 2. The first-order chi connectivity index (χ1) is 8.20. The quantitative estimate of drug-likeness (QED) is 0.720. The fourth-order valence-electron chi connectivity index (χ4n) is 1.48. The van der Waals surface area contributed by atoms with E-state index in [9.17, 15) is 4.39 Å². The molecule has 0 saturated carbocycles. The largest absolute Gasteiger partial charge is 0.457 e. The third-order valence-corrected chi connectivity index (χ3v) is 2.78. The third-order valence-electron chi connectivity index (χ3n) is 2.49. The summed E-state index contributed by atoms with van der Waals surface area (Å²) in [7, 11) is 0. The molecule has 0 radical (unpaired) electrons. The Morgan fingerprint density at radius 2 is 1.94 bits per heavy atom. The van der Waals surface area contributed by atoms with Gasteiger partial charge < -0.3 is 4.74 Å². The van der Waals surface area contributed by atoms with E-state index < -0.39 is 0 Å². The molecule has 0 spiro atoms. The first kappa shape index (κ1) is 11.9. The van der Waals surface area contributed by atoms with E-state index in [1.165, 1.54) is 6.07 Å². The van der Waals surface area contributed by atoms with Gasteiger partial charge in [-0.1, -0.05) is 24.3 Å². The van der Waals surface area contributed by atoms with Crippen LogP contribution in [0.4, 0.5) is 4.39 Å². The van der Waals surface area contributed by atoms with Crippen LogP contribution in [0.5, 0.6) is 11.5 Å². The minimum atomic E-state index is -0.272. The fraction of sp³-hybridized carbons (Fsp3) is 0.143. The summed E-state index contributed by atoms with van der Waals surface area (Å²) in [5, 5.41) is 0. The summed E-state index contributed by atoms with van der Waals surface area (Å²) in [4.78, 5) is 0. The highest BCUT2D eigenvalue weighted by Gasteiger charge is 2.05. The van der Waals surface area contributed by atoms with Crippen LogP contribution in [0.25, 0.3) is 0 Å². The SMILES string of the molecule is Cc1ccc(Oc2ccccc2CCl)cc1F.